The molecule has 0 aliphatic carbocycles. The Hall–Kier alpha value is -2.31. The van der Waals surface area contributed by atoms with Crippen molar-refractivity contribution in [2.24, 2.45) is 0 Å². The predicted molar refractivity (Wildman–Crippen MR) is 93.0 cm³/mol. The number of pyridine rings is 2. The summed E-state index contributed by atoms with van der Waals surface area (Å²) in [6.07, 6.45) is 4.19. The van der Waals surface area contributed by atoms with Gasteiger partial charge >= 0.3 is 0 Å². The zero-order valence-electron chi connectivity index (χ0n) is 11.9. The quantitative estimate of drug-likeness (QED) is 0.390. The maximum atomic E-state index is 8.81. The number of anilines is 1. The maximum absolute atomic E-state index is 8.81. The van der Waals surface area contributed by atoms with E-state index in [1.165, 1.54) is 0 Å². The monoisotopic (exact) mass is 312 g/mol. The first-order valence-electron chi connectivity index (χ1n) is 7.08. The summed E-state index contributed by atoms with van der Waals surface area (Å²) in [5.74, 6) is 0. The lowest BCUT2D eigenvalue weighted by atomic mass is 10.1. The van der Waals surface area contributed by atoms with Gasteiger partial charge in [0.1, 0.15) is 0 Å². The molecule has 0 aliphatic heterocycles. The van der Waals surface area contributed by atoms with E-state index in [-0.39, 0.29) is 6.61 Å². The molecular formula is C16H16N4OS. The van der Waals surface area contributed by atoms with Crippen LogP contribution >= 0.6 is 12.2 Å². The number of aliphatic hydroxyl groups excluding tert-OH is 1. The van der Waals surface area contributed by atoms with Crippen molar-refractivity contribution in [3.8, 4) is 0 Å². The van der Waals surface area contributed by atoms with Crippen molar-refractivity contribution >= 4 is 44.8 Å². The fourth-order valence-corrected chi connectivity index (χ4v) is 2.55. The Labute approximate surface area is 133 Å². The van der Waals surface area contributed by atoms with Crippen molar-refractivity contribution in [1.82, 2.24) is 15.3 Å². The first-order chi connectivity index (χ1) is 10.8. The molecule has 2 heterocycles. The first kappa shape index (κ1) is 14.6. The lowest BCUT2D eigenvalue weighted by Crippen LogP contribution is -2.29. The Bertz CT molecular complexity index is 821. The van der Waals surface area contributed by atoms with Gasteiger partial charge in [-0.1, -0.05) is 6.07 Å². The average Bonchev–Trinajstić information content (AvgIpc) is 2.55. The summed E-state index contributed by atoms with van der Waals surface area (Å²) in [5.41, 5.74) is 2.60. The van der Waals surface area contributed by atoms with Crippen molar-refractivity contribution in [3.05, 3.63) is 42.7 Å². The minimum Gasteiger partial charge on any atom is -0.396 e. The number of hydrogen-bond acceptors (Lipinski definition) is 4. The summed E-state index contributed by atoms with van der Waals surface area (Å²) in [4.78, 5) is 8.90. The molecule has 0 radical (unpaired) electrons. The molecule has 0 saturated carbocycles. The summed E-state index contributed by atoms with van der Waals surface area (Å²) in [5, 5.41) is 17.6. The highest BCUT2D eigenvalue weighted by molar-refractivity contribution is 7.80. The fraction of sp³-hybridized carbons (Fsp3) is 0.188. The van der Waals surface area contributed by atoms with Gasteiger partial charge in [0.25, 0.3) is 0 Å². The molecule has 0 fully saturated rings. The van der Waals surface area contributed by atoms with Crippen LogP contribution in [0.1, 0.15) is 6.42 Å². The van der Waals surface area contributed by atoms with Crippen molar-refractivity contribution in [1.29, 1.82) is 0 Å². The van der Waals surface area contributed by atoms with Crippen LogP contribution in [0.15, 0.2) is 42.7 Å². The number of thiocarbonyl (C=S) groups is 1. The number of benzene rings is 1. The van der Waals surface area contributed by atoms with E-state index in [4.69, 9.17) is 17.3 Å². The summed E-state index contributed by atoms with van der Waals surface area (Å²) < 4.78 is 0. The van der Waals surface area contributed by atoms with Crippen LogP contribution in [0.4, 0.5) is 5.69 Å². The lowest BCUT2D eigenvalue weighted by Gasteiger charge is -2.13. The highest BCUT2D eigenvalue weighted by atomic mass is 32.1. The van der Waals surface area contributed by atoms with E-state index >= 15 is 0 Å². The molecule has 5 nitrogen and oxygen atoms in total. The second-order valence-corrected chi connectivity index (χ2v) is 5.27. The van der Waals surface area contributed by atoms with Crippen LogP contribution in [0.5, 0.6) is 0 Å². The van der Waals surface area contributed by atoms with Gasteiger partial charge in [0, 0.05) is 36.3 Å². The van der Waals surface area contributed by atoms with Crippen LogP contribution in [0.3, 0.4) is 0 Å². The Balaban J connectivity index is 1.99. The molecule has 22 heavy (non-hydrogen) atoms. The third-order valence-electron chi connectivity index (χ3n) is 3.33. The number of aliphatic hydroxyl groups is 1. The number of fused-ring (bicyclic) bond motifs is 3. The smallest absolute Gasteiger partial charge is 0.170 e. The Morgan fingerprint density at radius 2 is 1.91 bits per heavy atom. The molecule has 0 unspecified atom stereocenters. The van der Waals surface area contributed by atoms with Crippen molar-refractivity contribution in [3.63, 3.8) is 0 Å². The fourth-order valence-electron chi connectivity index (χ4n) is 2.34. The molecule has 6 heteroatoms. The van der Waals surface area contributed by atoms with E-state index in [1.807, 2.05) is 30.3 Å². The minimum atomic E-state index is 0.141. The van der Waals surface area contributed by atoms with Gasteiger partial charge in [-0.2, -0.15) is 0 Å². The number of hydrogen-bond donors (Lipinski definition) is 3. The van der Waals surface area contributed by atoms with Crippen LogP contribution < -0.4 is 10.6 Å². The zero-order valence-corrected chi connectivity index (χ0v) is 12.7. The largest absolute Gasteiger partial charge is 0.396 e. The second-order valence-electron chi connectivity index (χ2n) is 4.86. The molecule has 2 aromatic heterocycles. The molecular weight excluding hydrogens is 296 g/mol. The topological polar surface area (TPSA) is 70.1 Å². The molecule has 1 aromatic carbocycles. The number of nitrogens with one attached hydrogen (secondary N) is 2. The molecule has 112 valence electrons. The number of nitrogens with zero attached hydrogens (tertiary/aromatic N) is 2. The number of rotatable bonds is 4. The van der Waals surface area contributed by atoms with Crippen molar-refractivity contribution < 1.29 is 5.11 Å². The van der Waals surface area contributed by atoms with E-state index in [2.05, 4.69) is 20.6 Å². The molecule has 3 N–H and O–H groups in total. The van der Waals surface area contributed by atoms with Crippen molar-refractivity contribution in [2.75, 3.05) is 18.5 Å². The third-order valence-corrected chi connectivity index (χ3v) is 3.57. The van der Waals surface area contributed by atoms with E-state index in [1.54, 1.807) is 12.4 Å². The second kappa shape index (κ2) is 6.64. The Morgan fingerprint density at radius 3 is 2.73 bits per heavy atom. The minimum absolute atomic E-state index is 0.141. The average molecular weight is 312 g/mol. The van der Waals surface area contributed by atoms with Crippen LogP contribution in [0, 0.1) is 0 Å². The predicted octanol–water partition coefficient (Wildman–Crippen LogP) is 2.45. The third kappa shape index (κ3) is 2.98. The summed E-state index contributed by atoms with van der Waals surface area (Å²) >= 11 is 5.29. The summed E-state index contributed by atoms with van der Waals surface area (Å²) in [6.45, 7) is 0.768. The highest BCUT2D eigenvalue weighted by Gasteiger charge is 2.09. The molecule has 3 aromatic rings. The highest BCUT2D eigenvalue weighted by Crippen LogP contribution is 2.28. The van der Waals surface area contributed by atoms with Crippen LogP contribution in [-0.4, -0.2) is 33.3 Å². The maximum Gasteiger partial charge on any atom is 0.170 e. The van der Waals surface area contributed by atoms with Crippen LogP contribution in [0.25, 0.3) is 21.8 Å². The SMILES string of the molecule is OCCCNC(=S)Nc1cc2cccnc2c2cccnc12. The molecule has 0 aliphatic rings. The molecule has 0 saturated heterocycles. The molecule has 0 spiro atoms. The van der Waals surface area contributed by atoms with Gasteiger partial charge in [-0.05, 0) is 42.9 Å². The van der Waals surface area contributed by atoms with E-state index < -0.39 is 0 Å². The Morgan fingerprint density at radius 1 is 1.14 bits per heavy atom. The molecule has 0 amide bonds. The van der Waals surface area contributed by atoms with E-state index in [0.29, 0.717) is 18.1 Å². The molecule has 0 bridgehead atoms. The van der Waals surface area contributed by atoms with Gasteiger partial charge in [0.15, 0.2) is 5.11 Å². The van der Waals surface area contributed by atoms with Crippen LogP contribution in [0.2, 0.25) is 0 Å². The van der Waals surface area contributed by atoms with Gasteiger partial charge in [-0.15, -0.1) is 0 Å². The molecule has 0 atom stereocenters. The first-order valence-corrected chi connectivity index (χ1v) is 7.48. The van der Waals surface area contributed by atoms with Gasteiger partial charge < -0.3 is 15.7 Å². The summed E-state index contributed by atoms with van der Waals surface area (Å²) in [7, 11) is 0. The standard InChI is InChI=1S/C16H16N4OS/c21-9-3-8-19-16(22)20-13-10-11-4-1-6-17-14(11)12-5-2-7-18-15(12)13/h1-2,4-7,10,21H,3,8-9H2,(H2,19,20,22). The summed E-state index contributed by atoms with van der Waals surface area (Å²) in [6, 6.07) is 9.83. The van der Waals surface area contributed by atoms with Gasteiger partial charge in [-0.25, -0.2) is 0 Å². The van der Waals surface area contributed by atoms with Gasteiger partial charge in [-0.3, -0.25) is 9.97 Å². The van der Waals surface area contributed by atoms with E-state index in [9.17, 15) is 0 Å². The van der Waals surface area contributed by atoms with Crippen molar-refractivity contribution in [2.45, 2.75) is 6.42 Å². The molecule has 3 rings (SSSR count). The van der Waals surface area contributed by atoms with Crippen LogP contribution in [-0.2, 0) is 0 Å². The normalized spacial score (nSPS) is 10.8. The lowest BCUT2D eigenvalue weighted by molar-refractivity contribution is 0.289. The Kier molecular flexibility index (Phi) is 4.41. The van der Waals surface area contributed by atoms with Gasteiger partial charge in [0.05, 0.1) is 16.7 Å². The van der Waals surface area contributed by atoms with E-state index in [0.717, 1.165) is 27.5 Å². The van der Waals surface area contributed by atoms with Gasteiger partial charge in [0.2, 0.25) is 0 Å². The number of aromatic nitrogens is 2. The zero-order chi connectivity index (χ0) is 15.4.